The number of aromatic hydroxyl groups is 1. The van der Waals surface area contributed by atoms with E-state index >= 15 is 0 Å². The number of nitrogens with zero attached hydrogens (tertiary/aromatic N) is 2. The zero-order valence-corrected chi connectivity index (χ0v) is 10.4. The Labute approximate surface area is 106 Å². The zero-order chi connectivity index (χ0) is 11.8. The molecule has 84 valence electrons. The molecule has 0 fully saturated rings. The van der Waals surface area contributed by atoms with E-state index in [1.807, 2.05) is 47.1 Å². The van der Waals surface area contributed by atoms with Crippen LogP contribution in [0, 0.1) is 0 Å². The van der Waals surface area contributed by atoms with Gasteiger partial charge in [0.25, 0.3) is 0 Å². The fourth-order valence-electron chi connectivity index (χ4n) is 1.79. The topological polar surface area (TPSA) is 37.5 Å². The van der Waals surface area contributed by atoms with E-state index in [1.54, 1.807) is 6.07 Å². The number of hydrogen-bond donors (Lipinski definition) is 1. The second-order valence-electron chi connectivity index (χ2n) is 3.75. The zero-order valence-electron chi connectivity index (χ0n) is 8.84. The molecule has 17 heavy (non-hydrogen) atoms. The molecule has 2 heterocycles. The SMILES string of the molecule is Oc1cc(Br)ccc1-c1cn2ccccc2n1. The first-order chi connectivity index (χ1) is 8.24. The molecule has 0 radical (unpaired) electrons. The summed E-state index contributed by atoms with van der Waals surface area (Å²) in [6, 6.07) is 11.2. The minimum atomic E-state index is 0.225. The largest absolute Gasteiger partial charge is 0.507 e. The minimum Gasteiger partial charge on any atom is -0.507 e. The predicted molar refractivity (Wildman–Crippen MR) is 70.0 cm³/mol. The molecule has 1 N–H and O–H groups in total. The molecule has 0 aliphatic carbocycles. The molecular formula is C13H9BrN2O. The molecule has 0 aliphatic rings. The molecule has 0 aliphatic heterocycles. The van der Waals surface area contributed by atoms with Gasteiger partial charge in [-0.15, -0.1) is 0 Å². The fraction of sp³-hybridized carbons (Fsp3) is 0. The molecule has 4 heteroatoms. The smallest absolute Gasteiger partial charge is 0.137 e. The number of fused-ring (bicyclic) bond motifs is 1. The quantitative estimate of drug-likeness (QED) is 0.744. The van der Waals surface area contributed by atoms with Gasteiger partial charge in [0, 0.05) is 22.4 Å². The second kappa shape index (κ2) is 3.89. The number of rotatable bonds is 1. The van der Waals surface area contributed by atoms with Crippen LogP contribution >= 0.6 is 15.9 Å². The van der Waals surface area contributed by atoms with Gasteiger partial charge < -0.3 is 9.51 Å². The summed E-state index contributed by atoms with van der Waals surface area (Å²) in [6.45, 7) is 0. The Morgan fingerprint density at radius 1 is 1.18 bits per heavy atom. The summed E-state index contributed by atoms with van der Waals surface area (Å²) in [5.74, 6) is 0.225. The van der Waals surface area contributed by atoms with E-state index in [4.69, 9.17) is 0 Å². The summed E-state index contributed by atoms with van der Waals surface area (Å²) in [7, 11) is 0. The van der Waals surface area contributed by atoms with Gasteiger partial charge in [-0.25, -0.2) is 4.98 Å². The van der Waals surface area contributed by atoms with Gasteiger partial charge in [-0.3, -0.25) is 0 Å². The highest BCUT2D eigenvalue weighted by Crippen LogP contribution is 2.30. The van der Waals surface area contributed by atoms with Crippen molar-refractivity contribution in [1.82, 2.24) is 9.38 Å². The van der Waals surface area contributed by atoms with E-state index < -0.39 is 0 Å². The van der Waals surface area contributed by atoms with Crippen LogP contribution in [0.25, 0.3) is 16.9 Å². The number of hydrogen-bond acceptors (Lipinski definition) is 2. The third-order valence-corrected chi connectivity index (χ3v) is 3.09. The van der Waals surface area contributed by atoms with E-state index in [9.17, 15) is 5.11 Å². The second-order valence-corrected chi connectivity index (χ2v) is 4.67. The van der Waals surface area contributed by atoms with Crippen LogP contribution in [0.15, 0.2) is 53.3 Å². The van der Waals surface area contributed by atoms with Gasteiger partial charge >= 0.3 is 0 Å². The summed E-state index contributed by atoms with van der Waals surface area (Å²) in [4.78, 5) is 4.46. The Hall–Kier alpha value is -1.81. The molecule has 3 aromatic rings. The predicted octanol–water partition coefficient (Wildman–Crippen LogP) is 3.47. The van der Waals surface area contributed by atoms with E-state index in [2.05, 4.69) is 20.9 Å². The molecular weight excluding hydrogens is 280 g/mol. The molecule has 1 aromatic carbocycles. The monoisotopic (exact) mass is 288 g/mol. The van der Waals surface area contributed by atoms with Crippen molar-refractivity contribution in [2.24, 2.45) is 0 Å². The van der Waals surface area contributed by atoms with Crippen LogP contribution in [-0.2, 0) is 0 Å². The van der Waals surface area contributed by atoms with Crippen molar-refractivity contribution in [3.05, 3.63) is 53.3 Å². The average Bonchev–Trinajstić information content (AvgIpc) is 2.72. The number of phenolic OH excluding ortho intramolecular Hbond substituents is 1. The maximum atomic E-state index is 9.89. The first-order valence-corrected chi connectivity index (χ1v) is 5.96. The van der Waals surface area contributed by atoms with E-state index in [0.717, 1.165) is 21.4 Å². The van der Waals surface area contributed by atoms with Crippen molar-refractivity contribution >= 4 is 21.6 Å². The van der Waals surface area contributed by atoms with Crippen LogP contribution in [0.2, 0.25) is 0 Å². The lowest BCUT2D eigenvalue weighted by Crippen LogP contribution is -1.78. The van der Waals surface area contributed by atoms with E-state index in [0.29, 0.717) is 0 Å². The number of phenols is 1. The van der Waals surface area contributed by atoms with E-state index in [-0.39, 0.29) is 5.75 Å². The summed E-state index contributed by atoms with van der Waals surface area (Å²) in [5, 5.41) is 9.89. The van der Waals surface area contributed by atoms with Crippen LogP contribution in [0.3, 0.4) is 0 Å². The Morgan fingerprint density at radius 3 is 2.82 bits per heavy atom. The maximum absolute atomic E-state index is 9.89. The highest BCUT2D eigenvalue weighted by atomic mass is 79.9. The summed E-state index contributed by atoms with van der Waals surface area (Å²) in [6.07, 6.45) is 3.83. The molecule has 0 atom stereocenters. The van der Waals surface area contributed by atoms with Gasteiger partial charge in [0.1, 0.15) is 11.4 Å². The number of pyridine rings is 1. The van der Waals surface area contributed by atoms with Crippen molar-refractivity contribution in [3.63, 3.8) is 0 Å². The van der Waals surface area contributed by atoms with Gasteiger partial charge in [0.15, 0.2) is 0 Å². The first kappa shape index (κ1) is 10.4. The first-order valence-electron chi connectivity index (χ1n) is 5.17. The van der Waals surface area contributed by atoms with Gasteiger partial charge in [-0.05, 0) is 30.3 Å². The van der Waals surface area contributed by atoms with Crippen molar-refractivity contribution in [2.75, 3.05) is 0 Å². The van der Waals surface area contributed by atoms with Crippen molar-refractivity contribution in [1.29, 1.82) is 0 Å². The van der Waals surface area contributed by atoms with Gasteiger partial charge in [0.05, 0.1) is 5.69 Å². The lowest BCUT2D eigenvalue weighted by atomic mass is 10.1. The van der Waals surface area contributed by atoms with Gasteiger partial charge in [-0.2, -0.15) is 0 Å². The highest BCUT2D eigenvalue weighted by molar-refractivity contribution is 9.10. The average molecular weight is 289 g/mol. The molecule has 3 nitrogen and oxygen atoms in total. The van der Waals surface area contributed by atoms with Gasteiger partial charge in [0.2, 0.25) is 0 Å². The molecule has 0 spiro atoms. The molecule has 0 unspecified atom stereocenters. The van der Waals surface area contributed by atoms with Crippen molar-refractivity contribution < 1.29 is 5.11 Å². The number of aromatic nitrogens is 2. The summed E-state index contributed by atoms with van der Waals surface area (Å²) >= 11 is 3.32. The van der Waals surface area contributed by atoms with Crippen LogP contribution in [-0.4, -0.2) is 14.5 Å². The fourth-order valence-corrected chi connectivity index (χ4v) is 2.13. The van der Waals surface area contributed by atoms with Crippen LogP contribution < -0.4 is 0 Å². The standard InChI is InChI=1S/C13H9BrN2O/c14-9-4-5-10(12(17)7-9)11-8-16-6-2-1-3-13(16)15-11/h1-8,17H. The molecule has 0 amide bonds. The number of imidazole rings is 1. The lowest BCUT2D eigenvalue weighted by Gasteiger charge is -2.00. The van der Waals surface area contributed by atoms with Crippen molar-refractivity contribution in [2.45, 2.75) is 0 Å². The van der Waals surface area contributed by atoms with Crippen LogP contribution in [0.5, 0.6) is 5.75 Å². The lowest BCUT2D eigenvalue weighted by molar-refractivity contribution is 0.477. The third-order valence-electron chi connectivity index (χ3n) is 2.60. The van der Waals surface area contributed by atoms with Crippen LogP contribution in [0.1, 0.15) is 0 Å². The molecule has 0 saturated carbocycles. The Morgan fingerprint density at radius 2 is 2.06 bits per heavy atom. The van der Waals surface area contributed by atoms with Gasteiger partial charge in [-0.1, -0.05) is 22.0 Å². The summed E-state index contributed by atoms with van der Waals surface area (Å²) < 4.78 is 2.78. The third kappa shape index (κ3) is 1.80. The maximum Gasteiger partial charge on any atom is 0.137 e. The molecule has 3 rings (SSSR count). The van der Waals surface area contributed by atoms with E-state index in [1.165, 1.54) is 0 Å². The molecule has 0 saturated heterocycles. The van der Waals surface area contributed by atoms with Crippen LogP contribution in [0.4, 0.5) is 0 Å². The Bertz CT molecular complexity index is 658. The number of halogens is 1. The molecule has 0 bridgehead atoms. The Kier molecular flexibility index (Phi) is 2.37. The normalized spacial score (nSPS) is 10.9. The number of benzene rings is 1. The Balaban J connectivity index is 2.20. The minimum absolute atomic E-state index is 0.225. The van der Waals surface area contributed by atoms with Crippen molar-refractivity contribution in [3.8, 4) is 17.0 Å². The highest BCUT2D eigenvalue weighted by Gasteiger charge is 2.08. The molecule has 2 aromatic heterocycles. The summed E-state index contributed by atoms with van der Waals surface area (Å²) in [5.41, 5.74) is 2.36.